The second-order valence-electron chi connectivity index (χ2n) is 7.18. The first-order valence-electron chi connectivity index (χ1n) is 9.12. The molecule has 1 amide bonds. The maximum absolute atomic E-state index is 14.0. The molecule has 3 aromatic rings. The van der Waals surface area contributed by atoms with E-state index in [0.717, 1.165) is 22.4 Å². The minimum Gasteiger partial charge on any atom is -0.463 e. The smallest absolute Gasteiger partial charge is 0.255 e. The second-order valence-corrected chi connectivity index (χ2v) is 7.18. The standard InChI is InChI=1S/C20H23FN4O2/c1-13-4-3-5-16-17(12-27-19(13)16)20(26)23-9-15-8-14(21)10-25(15)11-18-22-6-7-24(18)2/h3-7,12,14-15H,8-11H2,1-2H3,(H,23,26)/t14-,15-/m0/s1. The highest BCUT2D eigenvalue weighted by molar-refractivity contribution is 6.06. The van der Waals surface area contributed by atoms with Crippen LogP contribution in [0, 0.1) is 6.92 Å². The van der Waals surface area contributed by atoms with Crippen LogP contribution in [0.2, 0.25) is 0 Å². The Morgan fingerprint density at radius 1 is 1.44 bits per heavy atom. The van der Waals surface area contributed by atoms with Gasteiger partial charge in [0.1, 0.15) is 23.8 Å². The topological polar surface area (TPSA) is 63.3 Å². The predicted octanol–water partition coefficient (Wildman–Crippen LogP) is 2.82. The van der Waals surface area contributed by atoms with Gasteiger partial charge in [0.05, 0.1) is 12.1 Å². The summed E-state index contributed by atoms with van der Waals surface area (Å²) < 4.78 is 21.5. The zero-order valence-electron chi connectivity index (χ0n) is 15.5. The molecule has 4 rings (SSSR count). The van der Waals surface area contributed by atoms with Crippen molar-refractivity contribution in [3.8, 4) is 0 Å². The number of para-hydroxylation sites is 1. The van der Waals surface area contributed by atoms with Crippen molar-refractivity contribution in [1.82, 2.24) is 19.8 Å². The van der Waals surface area contributed by atoms with Crippen molar-refractivity contribution in [2.75, 3.05) is 13.1 Å². The summed E-state index contributed by atoms with van der Waals surface area (Å²) in [6.07, 6.45) is 4.63. The summed E-state index contributed by atoms with van der Waals surface area (Å²) >= 11 is 0. The normalized spacial score (nSPS) is 20.4. The molecule has 1 aliphatic heterocycles. The average molecular weight is 370 g/mol. The molecule has 1 saturated heterocycles. The van der Waals surface area contributed by atoms with Gasteiger partial charge in [-0.3, -0.25) is 9.69 Å². The van der Waals surface area contributed by atoms with Crippen molar-refractivity contribution in [3.05, 3.63) is 53.8 Å². The van der Waals surface area contributed by atoms with Gasteiger partial charge in [-0.15, -0.1) is 0 Å². The van der Waals surface area contributed by atoms with E-state index in [4.69, 9.17) is 4.42 Å². The van der Waals surface area contributed by atoms with Gasteiger partial charge >= 0.3 is 0 Å². The number of aryl methyl sites for hydroxylation is 2. The average Bonchev–Trinajstić information content (AvgIpc) is 3.33. The number of likely N-dealkylation sites (tertiary alicyclic amines) is 1. The maximum atomic E-state index is 14.0. The highest BCUT2D eigenvalue weighted by atomic mass is 19.1. The monoisotopic (exact) mass is 370 g/mol. The molecule has 27 heavy (non-hydrogen) atoms. The van der Waals surface area contributed by atoms with Crippen LogP contribution in [0.5, 0.6) is 0 Å². The number of furan rings is 1. The molecule has 1 aliphatic rings. The van der Waals surface area contributed by atoms with E-state index in [2.05, 4.69) is 10.3 Å². The van der Waals surface area contributed by atoms with Crippen LogP contribution in [-0.2, 0) is 13.6 Å². The largest absolute Gasteiger partial charge is 0.463 e. The molecule has 7 heteroatoms. The number of nitrogens with zero attached hydrogens (tertiary/aromatic N) is 3. The zero-order valence-corrected chi connectivity index (χ0v) is 15.5. The molecule has 6 nitrogen and oxygen atoms in total. The van der Waals surface area contributed by atoms with Gasteiger partial charge in [0.25, 0.3) is 5.91 Å². The number of hydrogen-bond donors (Lipinski definition) is 1. The van der Waals surface area contributed by atoms with E-state index in [-0.39, 0.29) is 11.9 Å². The Kier molecular flexibility index (Phi) is 4.70. The van der Waals surface area contributed by atoms with Crippen molar-refractivity contribution in [3.63, 3.8) is 0 Å². The zero-order chi connectivity index (χ0) is 19.0. The van der Waals surface area contributed by atoms with Gasteiger partial charge in [-0.1, -0.05) is 18.2 Å². The van der Waals surface area contributed by atoms with E-state index in [9.17, 15) is 9.18 Å². The van der Waals surface area contributed by atoms with Crippen molar-refractivity contribution >= 4 is 16.9 Å². The number of aromatic nitrogens is 2. The number of carbonyl (C=O) groups excluding carboxylic acids is 1. The number of nitrogens with one attached hydrogen (secondary N) is 1. The van der Waals surface area contributed by atoms with Crippen LogP contribution >= 0.6 is 0 Å². The number of amides is 1. The summed E-state index contributed by atoms with van der Waals surface area (Å²) in [7, 11) is 1.92. The van der Waals surface area contributed by atoms with Crippen LogP contribution < -0.4 is 5.32 Å². The van der Waals surface area contributed by atoms with Gasteiger partial charge < -0.3 is 14.3 Å². The molecule has 1 aromatic carbocycles. The molecule has 0 unspecified atom stereocenters. The number of carbonyl (C=O) groups is 1. The highest BCUT2D eigenvalue weighted by Gasteiger charge is 2.33. The van der Waals surface area contributed by atoms with E-state index < -0.39 is 6.17 Å². The number of hydrogen-bond acceptors (Lipinski definition) is 4. The molecule has 1 fully saturated rings. The minimum absolute atomic E-state index is 0.0550. The van der Waals surface area contributed by atoms with Crippen LogP contribution in [0.15, 0.2) is 41.3 Å². The van der Waals surface area contributed by atoms with Crippen LogP contribution in [0.1, 0.15) is 28.2 Å². The summed E-state index contributed by atoms with van der Waals surface area (Å²) in [5, 5.41) is 3.75. The maximum Gasteiger partial charge on any atom is 0.255 e. The van der Waals surface area contributed by atoms with Gasteiger partial charge in [0.2, 0.25) is 0 Å². The van der Waals surface area contributed by atoms with E-state index >= 15 is 0 Å². The molecule has 0 spiro atoms. The summed E-state index contributed by atoms with van der Waals surface area (Å²) in [6.45, 7) is 3.27. The molecule has 0 radical (unpaired) electrons. The fourth-order valence-corrected chi connectivity index (χ4v) is 3.74. The van der Waals surface area contributed by atoms with Crippen molar-refractivity contribution in [1.29, 1.82) is 0 Å². The summed E-state index contributed by atoms with van der Waals surface area (Å²) in [5.41, 5.74) is 2.23. The Morgan fingerprint density at radius 2 is 2.30 bits per heavy atom. The molecular weight excluding hydrogens is 347 g/mol. The van der Waals surface area contributed by atoms with Gasteiger partial charge in [0, 0.05) is 44.0 Å². The Hall–Kier alpha value is -2.67. The van der Waals surface area contributed by atoms with Crippen molar-refractivity contribution in [2.45, 2.75) is 32.1 Å². The third-order valence-electron chi connectivity index (χ3n) is 5.28. The van der Waals surface area contributed by atoms with Gasteiger partial charge in [0.15, 0.2) is 0 Å². The number of halogens is 1. The summed E-state index contributed by atoms with van der Waals surface area (Å²) in [5.74, 6) is 0.690. The van der Waals surface area contributed by atoms with Crippen LogP contribution in [0.3, 0.4) is 0 Å². The van der Waals surface area contributed by atoms with E-state index in [1.807, 2.05) is 47.8 Å². The lowest BCUT2D eigenvalue weighted by molar-refractivity contribution is 0.0940. The SMILES string of the molecule is Cc1cccc2c(C(=O)NC[C@@H]3C[C@H](F)CN3Cc3nccn3C)coc12. The van der Waals surface area contributed by atoms with Gasteiger partial charge in [-0.05, 0) is 18.9 Å². The Labute approximate surface area is 157 Å². The molecule has 2 aromatic heterocycles. The molecule has 2 atom stereocenters. The minimum atomic E-state index is -0.885. The number of rotatable bonds is 5. The fourth-order valence-electron chi connectivity index (χ4n) is 3.74. The molecule has 0 aliphatic carbocycles. The Morgan fingerprint density at radius 3 is 3.07 bits per heavy atom. The van der Waals surface area contributed by atoms with E-state index in [1.165, 1.54) is 6.26 Å². The van der Waals surface area contributed by atoms with Crippen LogP contribution in [0.4, 0.5) is 4.39 Å². The number of benzene rings is 1. The Bertz CT molecular complexity index is 964. The molecular formula is C20H23FN4O2. The summed E-state index contributed by atoms with van der Waals surface area (Å²) in [4.78, 5) is 19.0. The summed E-state index contributed by atoms with van der Waals surface area (Å²) in [6, 6.07) is 5.67. The van der Waals surface area contributed by atoms with E-state index in [0.29, 0.717) is 31.6 Å². The quantitative estimate of drug-likeness (QED) is 0.750. The number of alkyl halides is 1. The molecule has 0 bridgehead atoms. The first-order valence-corrected chi connectivity index (χ1v) is 9.12. The fraction of sp³-hybridized carbons (Fsp3) is 0.400. The van der Waals surface area contributed by atoms with Gasteiger partial charge in [-0.25, -0.2) is 9.37 Å². The lowest BCUT2D eigenvalue weighted by Gasteiger charge is -2.23. The molecule has 1 N–H and O–H groups in total. The molecule has 0 saturated carbocycles. The van der Waals surface area contributed by atoms with Gasteiger partial charge in [-0.2, -0.15) is 0 Å². The highest BCUT2D eigenvalue weighted by Crippen LogP contribution is 2.25. The van der Waals surface area contributed by atoms with Crippen molar-refractivity contribution < 1.29 is 13.6 Å². The lowest BCUT2D eigenvalue weighted by atomic mass is 10.1. The number of fused-ring (bicyclic) bond motifs is 1. The third-order valence-corrected chi connectivity index (χ3v) is 5.28. The number of imidazole rings is 1. The third kappa shape index (κ3) is 3.47. The van der Waals surface area contributed by atoms with E-state index in [1.54, 1.807) is 6.20 Å². The molecule has 142 valence electrons. The van der Waals surface area contributed by atoms with Crippen LogP contribution in [-0.4, -0.2) is 45.7 Å². The van der Waals surface area contributed by atoms with Crippen LogP contribution in [0.25, 0.3) is 11.0 Å². The molecule has 3 heterocycles. The lowest BCUT2D eigenvalue weighted by Crippen LogP contribution is -2.40. The Balaban J connectivity index is 1.44. The van der Waals surface area contributed by atoms with Crippen molar-refractivity contribution in [2.24, 2.45) is 7.05 Å². The first-order chi connectivity index (χ1) is 13.0. The predicted molar refractivity (Wildman–Crippen MR) is 100 cm³/mol. The first kappa shape index (κ1) is 17.7. The second kappa shape index (κ2) is 7.15.